The van der Waals surface area contributed by atoms with Crippen molar-refractivity contribution in [2.75, 3.05) is 24.5 Å². The lowest BCUT2D eigenvalue weighted by Crippen LogP contribution is -2.32. The van der Waals surface area contributed by atoms with E-state index in [2.05, 4.69) is 5.32 Å². The summed E-state index contributed by atoms with van der Waals surface area (Å²) in [4.78, 5) is 13.9. The maximum atomic E-state index is 13.5. The molecule has 0 aromatic heterocycles. The molecule has 0 bridgehead atoms. The van der Waals surface area contributed by atoms with E-state index in [1.807, 2.05) is 4.90 Å². The molecule has 3 rings (SSSR count). The second-order valence-electron chi connectivity index (χ2n) is 6.27. The summed E-state index contributed by atoms with van der Waals surface area (Å²) >= 11 is 0. The Morgan fingerprint density at radius 1 is 1.08 bits per heavy atom. The minimum Gasteiger partial charge on any atom is -0.371 e. The number of carbonyl (C=O) groups is 1. The number of amides is 1. The van der Waals surface area contributed by atoms with Crippen LogP contribution in [0.2, 0.25) is 0 Å². The number of benzene rings is 2. The van der Waals surface area contributed by atoms with Gasteiger partial charge < -0.3 is 10.2 Å². The van der Waals surface area contributed by atoms with Crippen LogP contribution in [-0.4, -0.2) is 25.5 Å². The highest BCUT2D eigenvalue weighted by Gasteiger charge is 2.23. The van der Waals surface area contributed by atoms with E-state index in [9.17, 15) is 18.0 Å². The molecule has 1 N–H and O–H groups in total. The first kappa shape index (κ1) is 17.3. The van der Waals surface area contributed by atoms with Gasteiger partial charge >= 0.3 is 0 Å². The molecule has 1 saturated heterocycles. The van der Waals surface area contributed by atoms with Crippen molar-refractivity contribution in [3.05, 3.63) is 65.5 Å². The minimum atomic E-state index is -0.862. The predicted molar refractivity (Wildman–Crippen MR) is 89.8 cm³/mol. The molecular formula is C19H19F3N2O. The van der Waals surface area contributed by atoms with E-state index in [0.717, 1.165) is 19.0 Å². The van der Waals surface area contributed by atoms with Crippen LogP contribution in [0.3, 0.4) is 0 Å². The molecule has 0 saturated carbocycles. The Bertz CT molecular complexity index is 766. The summed E-state index contributed by atoms with van der Waals surface area (Å²) in [5, 5.41) is 2.83. The molecule has 0 spiro atoms. The third-order valence-corrected chi connectivity index (χ3v) is 4.45. The second kappa shape index (κ2) is 7.59. The SMILES string of the molecule is O=C(Cc1ccccc1F)NCC1CCN(c2ccc(F)c(F)c2)C1. The maximum Gasteiger partial charge on any atom is 0.224 e. The van der Waals surface area contributed by atoms with Crippen molar-refractivity contribution in [2.45, 2.75) is 12.8 Å². The van der Waals surface area contributed by atoms with E-state index in [1.54, 1.807) is 24.3 Å². The highest BCUT2D eigenvalue weighted by molar-refractivity contribution is 5.78. The Kier molecular flexibility index (Phi) is 5.26. The number of carbonyl (C=O) groups excluding carboxylic acids is 1. The molecule has 1 heterocycles. The van der Waals surface area contributed by atoms with Gasteiger partial charge in [0.15, 0.2) is 11.6 Å². The van der Waals surface area contributed by atoms with Gasteiger partial charge in [0.2, 0.25) is 5.91 Å². The summed E-state index contributed by atoms with van der Waals surface area (Å²) in [7, 11) is 0. The molecular weight excluding hydrogens is 329 g/mol. The third kappa shape index (κ3) is 4.32. The third-order valence-electron chi connectivity index (χ3n) is 4.45. The number of anilines is 1. The monoisotopic (exact) mass is 348 g/mol. The molecule has 0 radical (unpaired) electrons. The van der Waals surface area contributed by atoms with Gasteiger partial charge in [-0.05, 0) is 36.1 Å². The molecule has 1 amide bonds. The van der Waals surface area contributed by atoms with Crippen molar-refractivity contribution in [1.82, 2.24) is 5.32 Å². The first-order chi connectivity index (χ1) is 12.0. The van der Waals surface area contributed by atoms with Crippen LogP contribution in [0.4, 0.5) is 18.9 Å². The van der Waals surface area contributed by atoms with Crippen LogP contribution in [0, 0.1) is 23.4 Å². The van der Waals surface area contributed by atoms with Gasteiger partial charge in [-0.25, -0.2) is 13.2 Å². The van der Waals surface area contributed by atoms with Crippen molar-refractivity contribution in [3.63, 3.8) is 0 Å². The van der Waals surface area contributed by atoms with Gasteiger partial charge in [0, 0.05) is 31.4 Å². The zero-order valence-corrected chi connectivity index (χ0v) is 13.6. The van der Waals surface area contributed by atoms with Gasteiger partial charge in [0.05, 0.1) is 6.42 Å². The van der Waals surface area contributed by atoms with E-state index in [0.29, 0.717) is 24.3 Å². The van der Waals surface area contributed by atoms with Crippen LogP contribution in [0.15, 0.2) is 42.5 Å². The largest absolute Gasteiger partial charge is 0.371 e. The zero-order valence-electron chi connectivity index (χ0n) is 13.6. The second-order valence-corrected chi connectivity index (χ2v) is 6.27. The zero-order chi connectivity index (χ0) is 17.8. The van der Waals surface area contributed by atoms with Crippen molar-refractivity contribution in [2.24, 2.45) is 5.92 Å². The smallest absolute Gasteiger partial charge is 0.224 e. The van der Waals surface area contributed by atoms with Crippen LogP contribution in [0.5, 0.6) is 0 Å². The molecule has 3 nitrogen and oxygen atoms in total. The molecule has 2 aromatic rings. The fraction of sp³-hybridized carbons (Fsp3) is 0.316. The Morgan fingerprint density at radius 3 is 2.64 bits per heavy atom. The highest BCUT2D eigenvalue weighted by atomic mass is 19.2. The molecule has 1 fully saturated rings. The average Bonchev–Trinajstić information content (AvgIpc) is 3.07. The molecule has 0 aliphatic carbocycles. The Balaban J connectivity index is 1.49. The van der Waals surface area contributed by atoms with Crippen molar-refractivity contribution in [3.8, 4) is 0 Å². The van der Waals surface area contributed by atoms with Gasteiger partial charge in [0.25, 0.3) is 0 Å². The van der Waals surface area contributed by atoms with Crippen LogP contribution < -0.4 is 10.2 Å². The van der Waals surface area contributed by atoms with E-state index >= 15 is 0 Å². The number of rotatable bonds is 5. The van der Waals surface area contributed by atoms with Gasteiger partial charge in [-0.1, -0.05) is 18.2 Å². The number of nitrogens with one attached hydrogen (secondary N) is 1. The topological polar surface area (TPSA) is 32.3 Å². The quantitative estimate of drug-likeness (QED) is 0.899. The Hall–Kier alpha value is -2.50. The van der Waals surface area contributed by atoms with Gasteiger partial charge in [-0.3, -0.25) is 4.79 Å². The lowest BCUT2D eigenvalue weighted by molar-refractivity contribution is -0.120. The molecule has 2 aromatic carbocycles. The number of halogens is 3. The number of hydrogen-bond donors (Lipinski definition) is 1. The summed E-state index contributed by atoms with van der Waals surface area (Å²) in [5.74, 6) is -2.11. The van der Waals surface area contributed by atoms with Gasteiger partial charge in [-0.2, -0.15) is 0 Å². The van der Waals surface area contributed by atoms with Crippen LogP contribution >= 0.6 is 0 Å². The van der Waals surface area contributed by atoms with E-state index in [1.165, 1.54) is 12.1 Å². The Labute approximate surface area is 144 Å². The molecule has 25 heavy (non-hydrogen) atoms. The summed E-state index contributed by atoms with van der Waals surface area (Å²) < 4.78 is 39.9. The Morgan fingerprint density at radius 2 is 1.88 bits per heavy atom. The lowest BCUT2D eigenvalue weighted by Gasteiger charge is -2.19. The van der Waals surface area contributed by atoms with Crippen molar-refractivity contribution in [1.29, 1.82) is 0 Å². The summed E-state index contributed by atoms with van der Waals surface area (Å²) in [6.07, 6.45) is 0.852. The number of nitrogens with zero attached hydrogens (tertiary/aromatic N) is 1. The lowest BCUT2D eigenvalue weighted by atomic mass is 10.1. The standard InChI is InChI=1S/C19H19F3N2O/c20-16-4-2-1-3-14(16)9-19(25)23-11-13-7-8-24(12-13)15-5-6-17(21)18(22)10-15/h1-6,10,13H,7-9,11-12H2,(H,23,25). The highest BCUT2D eigenvalue weighted by Crippen LogP contribution is 2.25. The molecule has 1 aliphatic heterocycles. The van der Waals surface area contributed by atoms with Crippen LogP contribution in [0.1, 0.15) is 12.0 Å². The molecule has 6 heteroatoms. The van der Waals surface area contributed by atoms with Crippen LogP contribution in [-0.2, 0) is 11.2 Å². The summed E-state index contributed by atoms with van der Waals surface area (Å²) in [6.45, 7) is 1.86. The average molecular weight is 348 g/mol. The predicted octanol–water partition coefficient (Wildman–Crippen LogP) is 3.29. The van der Waals surface area contributed by atoms with E-state index in [-0.39, 0.29) is 24.1 Å². The summed E-state index contributed by atoms with van der Waals surface area (Å²) in [5.41, 5.74) is 1.01. The summed E-state index contributed by atoms with van der Waals surface area (Å²) in [6, 6.07) is 10.1. The normalized spacial score (nSPS) is 16.9. The van der Waals surface area contributed by atoms with E-state index in [4.69, 9.17) is 0 Å². The first-order valence-corrected chi connectivity index (χ1v) is 8.23. The van der Waals surface area contributed by atoms with Crippen molar-refractivity contribution < 1.29 is 18.0 Å². The van der Waals surface area contributed by atoms with Gasteiger partial charge in [0.1, 0.15) is 5.82 Å². The van der Waals surface area contributed by atoms with Crippen LogP contribution in [0.25, 0.3) is 0 Å². The van der Waals surface area contributed by atoms with E-state index < -0.39 is 11.6 Å². The first-order valence-electron chi connectivity index (χ1n) is 8.23. The van der Waals surface area contributed by atoms with Crippen molar-refractivity contribution >= 4 is 11.6 Å². The fourth-order valence-corrected chi connectivity index (χ4v) is 3.05. The molecule has 1 unspecified atom stereocenters. The molecule has 132 valence electrons. The fourth-order valence-electron chi connectivity index (χ4n) is 3.05. The molecule has 1 aliphatic rings. The minimum absolute atomic E-state index is 0.00623. The number of hydrogen-bond acceptors (Lipinski definition) is 2. The molecule has 1 atom stereocenters. The van der Waals surface area contributed by atoms with Gasteiger partial charge in [-0.15, -0.1) is 0 Å². The maximum absolute atomic E-state index is 13.5.